The van der Waals surface area contributed by atoms with Crippen molar-refractivity contribution in [3.8, 4) is 5.75 Å². The first-order valence-corrected chi connectivity index (χ1v) is 9.54. The molecular formula is C19H28N2O10. The van der Waals surface area contributed by atoms with E-state index in [1.54, 1.807) is 0 Å². The lowest BCUT2D eigenvalue weighted by Gasteiger charge is -2.40. The summed E-state index contributed by atoms with van der Waals surface area (Å²) in [6.07, 6.45) is -8.71. The Morgan fingerprint density at radius 3 is 2.03 bits per heavy atom. The summed E-state index contributed by atoms with van der Waals surface area (Å²) in [6.45, 7) is 4.00. The zero-order chi connectivity index (χ0) is 23.7. The van der Waals surface area contributed by atoms with Crippen LogP contribution < -0.4 is 15.4 Å². The van der Waals surface area contributed by atoms with Crippen molar-refractivity contribution < 1.29 is 49.4 Å². The van der Waals surface area contributed by atoms with Gasteiger partial charge < -0.3 is 45.6 Å². The van der Waals surface area contributed by atoms with E-state index >= 15 is 0 Å². The number of hydrogen-bond donors (Lipinski definition) is 7. The van der Waals surface area contributed by atoms with Crippen LogP contribution >= 0.6 is 0 Å². The lowest BCUT2D eigenvalue weighted by molar-refractivity contribution is -0.275. The lowest BCUT2D eigenvalue weighted by Crippen LogP contribution is -2.59. The van der Waals surface area contributed by atoms with E-state index in [-0.39, 0.29) is 5.75 Å². The summed E-state index contributed by atoms with van der Waals surface area (Å²) in [5.74, 6) is -4.98. The van der Waals surface area contributed by atoms with Gasteiger partial charge in [-0.2, -0.15) is 0 Å². The molecule has 0 radical (unpaired) electrons. The molecular weight excluding hydrogens is 416 g/mol. The maximum atomic E-state index is 11.3. The van der Waals surface area contributed by atoms with Gasteiger partial charge in [0.15, 0.2) is 5.92 Å². The molecule has 7 N–H and O–H groups in total. The highest BCUT2D eigenvalue weighted by Gasteiger charge is 2.47. The number of nitrogens with one attached hydrogen (secondary N) is 2. The Kier molecular flexibility index (Phi) is 10.1. The number of carboxylic acid groups (broad SMARTS) is 2. The number of aliphatic hydroxyl groups is 3. The fourth-order valence-electron chi connectivity index (χ4n) is 2.69. The van der Waals surface area contributed by atoms with Gasteiger partial charge in [0.05, 0.1) is 6.10 Å². The van der Waals surface area contributed by atoms with Gasteiger partial charge in [0, 0.05) is 19.2 Å². The summed E-state index contributed by atoms with van der Waals surface area (Å²) in [4.78, 5) is 33.4. The van der Waals surface area contributed by atoms with Crippen molar-refractivity contribution in [2.45, 2.75) is 51.0 Å². The SMILES string of the molecule is CC.CNC(=O)Nc1ccc(O[C@H]2OC(CC(C(=O)O)C(=O)O)[C@@H](O)C(O)C2O)cc1. The second-order valence-corrected chi connectivity index (χ2v) is 6.33. The Labute approximate surface area is 178 Å². The van der Waals surface area contributed by atoms with Crippen LogP contribution in [-0.2, 0) is 14.3 Å². The molecule has 1 aliphatic heterocycles. The van der Waals surface area contributed by atoms with Crippen LogP contribution in [0.25, 0.3) is 0 Å². The fraction of sp³-hybridized carbons (Fsp3) is 0.526. The first-order valence-electron chi connectivity index (χ1n) is 9.54. The molecule has 0 aromatic heterocycles. The average Bonchev–Trinajstić information content (AvgIpc) is 2.75. The topological polar surface area (TPSA) is 195 Å². The molecule has 174 valence electrons. The van der Waals surface area contributed by atoms with Crippen molar-refractivity contribution in [2.75, 3.05) is 12.4 Å². The molecule has 3 unspecified atom stereocenters. The molecule has 1 aliphatic rings. The molecule has 0 bridgehead atoms. The quantitative estimate of drug-likeness (QED) is 0.277. The molecule has 0 saturated carbocycles. The molecule has 2 amide bonds. The molecule has 2 rings (SSSR count). The molecule has 1 saturated heterocycles. The van der Waals surface area contributed by atoms with Crippen LogP contribution in [0.2, 0.25) is 0 Å². The number of amides is 2. The number of carbonyl (C=O) groups is 3. The van der Waals surface area contributed by atoms with Crippen molar-refractivity contribution >= 4 is 23.7 Å². The maximum absolute atomic E-state index is 11.3. The van der Waals surface area contributed by atoms with Crippen LogP contribution in [0.4, 0.5) is 10.5 Å². The summed E-state index contributed by atoms with van der Waals surface area (Å²) in [5.41, 5.74) is 0.445. The number of aliphatic hydroxyl groups excluding tert-OH is 3. The van der Waals surface area contributed by atoms with Crippen molar-refractivity contribution in [1.29, 1.82) is 0 Å². The van der Waals surface area contributed by atoms with E-state index < -0.39 is 61.0 Å². The predicted molar refractivity (Wildman–Crippen MR) is 107 cm³/mol. The number of carboxylic acids is 2. The number of hydrogen-bond acceptors (Lipinski definition) is 8. The van der Waals surface area contributed by atoms with Gasteiger partial charge in [-0.3, -0.25) is 9.59 Å². The summed E-state index contributed by atoms with van der Waals surface area (Å²) in [5, 5.41) is 53.0. The van der Waals surface area contributed by atoms with E-state index in [4.69, 9.17) is 19.7 Å². The molecule has 0 aliphatic carbocycles. The van der Waals surface area contributed by atoms with Crippen LogP contribution in [0.15, 0.2) is 24.3 Å². The van der Waals surface area contributed by atoms with E-state index in [0.29, 0.717) is 5.69 Å². The summed E-state index contributed by atoms with van der Waals surface area (Å²) in [7, 11) is 1.45. The fourth-order valence-corrected chi connectivity index (χ4v) is 2.69. The minimum absolute atomic E-state index is 0.173. The van der Waals surface area contributed by atoms with Gasteiger partial charge in [-0.1, -0.05) is 13.8 Å². The minimum Gasteiger partial charge on any atom is -0.481 e. The second kappa shape index (κ2) is 12.1. The van der Waals surface area contributed by atoms with E-state index in [2.05, 4.69) is 10.6 Å². The van der Waals surface area contributed by atoms with E-state index in [0.717, 1.165) is 0 Å². The first kappa shape index (κ1) is 26.1. The third kappa shape index (κ3) is 7.07. The van der Waals surface area contributed by atoms with Gasteiger partial charge in [-0.15, -0.1) is 0 Å². The molecule has 1 aromatic carbocycles. The lowest BCUT2D eigenvalue weighted by atomic mass is 9.91. The van der Waals surface area contributed by atoms with Crippen LogP contribution in [0, 0.1) is 5.92 Å². The summed E-state index contributed by atoms with van der Waals surface area (Å²) < 4.78 is 10.8. The van der Waals surface area contributed by atoms with E-state index in [1.807, 2.05) is 13.8 Å². The van der Waals surface area contributed by atoms with Gasteiger partial charge in [0.2, 0.25) is 6.29 Å². The standard InChI is InChI=1S/C17H22N2O10.C2H6/c1-18-17(27)19-7-2-4-8(5-3-7)28-16-13(22)12(21)11(20)10(29-16)6-9(14(23)24)15(25)26;1-2/h2-5,9-13,16,20-22H,6H2,1H3,(H,23,24)(H,25,26)(H2,18,19,27);1-2H3/t10?,11-,12?,13?,16+;/m1./s1. The van der Waals surface area contributed by atoms with E-state index in [9.17, 15) is 29.7 Å². The van der Waals surface area contributed by atoms with Gasteiger partial charge in [0.25, 0.3) is 0 Å². The van der Waals surface area contributed by atoms with Crippen LogP contribution in [0.1, 0.15) is 20.3 Å². The third-order valence-electron chi connectivity index (χ3n) is 4.32. The van der Waals surface area contributed by atoms with Crippen LogP contribution in [-0.4, -0.2) is 81.3 Å². The molecule has 1 aromatic rings. The van der Waals surface area contributed by atoms with Gasteiger partial charge >= 0.3 is 18.0 Å². The molecule has 0 spiro atoms. The van der Waals surface area contributed by atoms with Crippen molar-refractivity contribution in [2.24, 2.45) is 5.92 Å². The highest BCUT2D eigenvalue weighted by Crippen LogP contribution is 2.28. The monoisotopic (exact) mass is 444 g/mol. The Balaban J connectivity index is 0.00000233. The number of anilines is 1. The van der Waals surface area contributed by atoms with E-state index in [1.165, 1.54) is 31.3 Å². The minimum atomic E-state index is -1.88. The number of benzene rings is 1. The smallest absolute Gasteiger partial charge is 0.318 e. The normalized spacial score (nSPS) is 25.1. The molecule has 31 heavy (non-hydrogen) atoms. The summed E-state index contributed by atoms with van der Waals surface area (Å²) >= 11 is 0. The molecule has 5 atom stereocenters. The van der Waals surface area contributed by atoms with Gasteiger partial charge in [-0.05, 0) is 24.3 Å². The van der Waals surface area contributed by atoms with Gasteiger partial charge in [-0.25, -0.2) is 4.79 Å². The maximum Gasteiger partial charge on any atom is 0.318 e. The van der Waals surface area contributed by atoms with Gasteiger partial charge in [0.1, 0.15) is 24.1 Å². The number of carbonyl (C=O) groups excluding carboxylic acids is 1. The van der Waals surface area contributed by atoms with Crippen molar-refractivity contribution in [1.82, 2.24) is 5.32 Å². The number of aliphatic carboxylic acids is 2. The third-order valence-corrected chi connectivity index (χ3v) is 4.32. The second-order valence-electron chi connectivity index (χ2n) is 6.33. The summed E-state index contributed by atoms with van der Waals surface area (Å²) in [6, 6.07) is 5.42. The first-order chi connectivity index (χ1) is 14.6. The number of urea groups is 1. The Bertz CT molecular complexity index is 728. The Morgan fingerprint density at radius 2 is 1.55 bits per heavy atom. The zero-order valence-electron chi connectivity index (χ0n) is 17.3. The number of ether oxygens (including phenoxy) is 2. The largest absolute Gasteiger partial charge is 0.481 e. The Morgan fingerprint density at radius 1 is 1.00 bits per heavy atom. The number of rotatable bonds is 7. The highest BCUT2D eigenvalue weighted by atomic mass is 16.7. The molecule has 1 heterocycles. The van der Waals surface area contributed by atoms with Crippen molar-refractivity contribution in [3.63, 3.8) is 0 Å². The molecule has 12 nitrogen and oxygen atoms in total. The average molecular weight is 444 g/mol. The molecule has 1 fully saturated rings. The Hall–Kier alpha value is -2.93. The molecule has 12 heteroatoms. The zero-order valence-corrected chi connectivity index (χ0v) is 17.3. The predicted octanol–water partition coefficient (Wildman–Crippen LogP) is -0.174. The highest BCUT2D eigenvalue weighted by molar-refractivity contribution is 5.92. The van der Waals surface area contributed by atoms with Crippen molar-refractivity contribution in [3.05, 3.63) is 24.3 Å². The van der Waals surface area contributed by atoms with Crippen LogP contribution in [0.5, 0.6) is 5.75 Å². The van der Waals surface area contributed by atoms with Crippen LogP contribution in [0.3, 0.4) is 0 Å².